The molecule has 2 aromatic carbocycles. The summed E-state index contributed by atoms with van der Waals surface area (Å²) in [6, 6.07) is 16.0. The second-order valence-electron chi connectivity index (χ2n) is 33.0. The number of hydrogen-bond donors (Lipinski definition) is 2. The Labute approximate surface area is 569 Å². The van der Waals surface area contributed by atoms with Crippen LogP contribution in [0.2, 0.25) is 0 Å². The van der Waals surface area contributed by atoms with Crippen molar-refractivity contribution in [2.24, 2.45) is 92.7 Å². The molecule has 16 atom stereocenters. The molecular formula is C82H124O8S2. The van der Waals surface area contributed by atoms with Crippen LogP contribution >= 0.6 is 25.3 Å². The van der Waals surface area contributed by atoms with E-state index in [1.807, 2.05) is 48.5 Å². The van der Waals surface area contributed by atoms with Crippen molar-refractivity contribution in [2.45, 2.75) is 274 Å². The van der Waals surface area contributed by atoms with Gasteiger partial charge in [-0.25, -0.2) is 9.59 Å². The molecule has 8 aliphatic rings. The van der Waals surface area contributed by atoms with E-state index in [2.05, 4.69) is 81.4 Å². The quantitative estimate of drug-likeness (QED) is 0.0263. The molecular weight excluding hydrogens is 1180 g/mol. The molecule has 0 spiro atoms. The average molecular weight is 1300 g/mol. The van der Waals surface area contributed by atoms with Crippen LogP contribution in [0.3, 0.4) is 0 Å². The van der Waals surface area contributed by atoms with Gasteiger partial charge in [0, 0.05) is 22.7 Å². The molecule has 6 saturated carbocycles. The van der Waals surface area contributed by atoms with Crippen molar-refractivity contribution < 1.29 is 38.0 Å². The van der Waals surface area contributed by atoms with Gasteiger partial charge >= 0.3 is 12.3 Å². The van der Waals surface area contributed by atoms with Crippen LogP contribution in [0.25, 0.3) is 9.81 Å². The van der Waals surface area contributed by atoms with Crippen LogP contribution in [0.4, 0.5) is 9.59 Å². The highest BCUT2D eigenvalue weighted by Gasteiger charge is 2.61. The van der Waals surface area contributed by atoms with E-state index in [1.54, 1.807) is 11.1 Å². The molecule has 0 aliphatic heterocycles. The lowest BCUT2D eigenvalue weighted by Gasteiger charge is -2.58. The number of carbonyl (C=O) groups is 2. The molecule has 0 bridgehead atoms. The molecule has 512 valence electrons. The Morgan fingerprint density at radius 1 is 0.446 bits per heavy atom. The first-order valence-corrected chi connectivity index (χ1v) is 38.7. The highest BCUT2D eigenvalue weighted by molar-refractivity contribution is 7.96. The third-order valence-corrected chi connectivity index (χ3v) is 27.7. The number of hydrogen-bond acceptors (Lipinski definition) is 10. The zero-order valence-corrected chi connectivity index (χ0v) is 60.8. The monoisotopic (exact) mass is 1300 g/mol. The Morgan fingerprint density at radius 3 is 1.21 bits per heavy atom. The maximum absolute atomic E-state index is 12.9. The van der Waals surface area contributed by atoms with Crippen LogP contribution in [0, 0.1) is 92.7 Å². The predicted octanol–water partition coefficient (Wildman–Crippen LogP) is 23.4. The van der Waals surface area contributed by atoms with E-state index in [-0.39, 0.29) is 23.0 Å². The van der Waals surface area contributed by atoms with Crippen LogP contribution in [0.5, 0.6) is 11.5 Å². The van der Waals surface area contributed by atoms with E-state index in [0.717, 1.165) is 193 Å². The lowest BCUT2D eigenvalue weighted by atomic mass is 9.47. The average Bonchev–Trinajstić information content (AvgIpc) is 1.44. The Kier molecular flexibility index (Phi) is 25.0. The van der Waals surface area contributed by atoms with E-state index < -0.39 is 12.3 Å². The van der Waals surface area contributed by atoms with Gasteiger partial charge < -0.3 is 28.4 Å². The molecule has 8 aliphatic carbocycles. The maximum atomic E-state index is 12.9. The van der Waals surface area contributed by atoms with Gasteiger partial charge in [-0.05, 0) is 269 Å². The minimum atomic E-state index is -0.505. The molecule has 92 heavy (non-hydrogen) atoms. The number of rotatable bonds is 30. The Bertz CT molecular complexity index is 2620. The van der Waals surface area contributed by atoms with Crippen molar-refractivity contribution in [1.29, 1.82) is 0 Å². The third-order valence-electron chi connectivity index (χ3n) is 26.6. The standard InChI is InChI=1S/C82H124O8S2/c1-55(2)21-19-23-57(5)69-37-39-71-67-35-29-61-53-65(41-45-79(61,7)73(67)43-47-81(69,71)9)89-77(83)87-51-17-13-11-15-49-85-63-31-25-59(26-32-63)75(91)76(92)60-27-33-64(34-28-60)86-50-16-12-14-18-52-88-78(84)90-66-42-46-80(8)62(54-66)30-36-68-72-40-38-70(58(6)24-20-22-56(3)4)82(72,10)48-44-74(68)80/h25-34,55-58,65-74,91-92H,11-24,35-54H2,1-10H3/b76-75+/t57-,58-,65+,66+,67+,68+,69-,70-,71+,72+,73+,74+,79+,80+,81-,82-/m1/s1. The van der Waals surface area contributed by atoms with E-state index >= 15 is 0 Å². The van der Waals surface area contributed by atoms with Gasteiger partial charge in [0.05, 0.1) is 26.4 Å². The fourth-order valence-electron chi connectivity index (χ4n) is 21.3. The molecule has 2 aromatic rings. The Morgan fingerprint density at radius 2 is 0.826 bits per heavy atom. The molecule has 0 radical (unpaired) electrons. The maximum Gasteiger partial charge on any atom is 0.508 e. The first-order valence-electron chi connectivity index (χ1n) is 37.8. The van der Waals surface area contributed by atoms with Crippen LogP contribution in [0.15, 0.2) is 71.8 Å². The number of allylic oxidation sites excluding steroid dienone is 2. The Hall–Kier alpha value is -3.50. The van der Waals surface area contributed by atoms with Gasteiger partial charge in [-0.15, -0.1) is 25.3 Å². The van der Waals surface area contributed by atoms with Crippen LogP contribution in [0.1, 0.15) is 273 Å². The van der Waals surface area contributed by atoms with Crippen LogP contribution in [-0.2, 0) is 18.9 Å². The molecule has 0 N–H and O–H groups in total. The predicted molar refractivity (Wildman–Crippen MR) is 384 cm³/mol. The lowest BCUT2D eigenvalue weighted by Crippen LogP contribution is -2.51. The summed E-state index contributed by atoms with van der Waals surface area (Å²) in [6.45, 7) is 27.1. The largest absolute Gasteiger partial charge is 0.508 e. The number of unbranched alkanes of at least 4 members (excludes halogenated alkanes) is 6. The molecule has 0 amide bonds. The van der Waals surface area contributed by atoms with Crippen molar-refractivity contribution in [3.05, 3.63) is 83.0 Å². The highest BCUT2D eigenvalue weighted by Crippen LogP contribution is 2.69. The fraction of sp³-hybridized carbons (Fsp3) is 0.756. The van der Waals surface area contributed by atoms with Crippen LogP contribution < -0.4 is 9.47 Å². The van der Waals surface area contributed by atoms with Crippen molar-refractivity contribution in [3.63, 3.8) is 0 Å². The van der Waals surface area contributed by atoms with Crippen molar-refractivity contribution >= 4 is 47.4 Å². The Balaban J connectivity index is 0.544. The summed E-state index contributed by atoms with van der Waals surface area (Å²) in [7, 11) is 0. The van der Waals surface area contributed by atoms with E-state index in [1.165, 1.54) is 103 Å². The van der Waals surface area contributed by atoms with Gasteiger partial charge in [-0.3, -0.25) is 0 Å². The highest BCUT2D eigenvalue weighted by atomic mass is 32.1. The van der Waals surface area contributed by atoms with Crippen molar-refractivity contribution in [1.82, 2.24) is 0 Å². The summed E-state index contributed by atoms with van der Waals surface area (Å²) in [5, 5.41) is 0. The molecule has 0 saturated heterocycles. The van der Waals surface area contributed by atoms with Crippen molar-refractivity contribution in [2.75, 3.05) is 26.4 Å². The second kappa shape index (κ2) is 32.2. The normalized spacial score (nSPS) is 33.1. The number of thiol groups is 2. The smallest absolute Gasteiger partial charge is 0.494 e. The van der Waals surface area contributed by atoms with Gasteiger partial charge in [0.25, 0.3) is 0 Å². The van der Waals surface area contributed by atoms with Gasteiger partial charge in [-0.2, -0.15) is 0 Å². The number of fused-ring (bicyclic) bond motifs is 10. The summed E-state index contributed by atoms with van der Waals surface area (Å²) in [5.41, 5.74) is 6.51. The van der Waals surface area contributed by atoms with Crippen molar-refractivity contribution in [3.8, 4) is 11.5 Å². The van der Waals surface area contributed by atoms with Gasteiger partial charge in [0.15, 0.2) is 0 Å². The topological polar surface area (TPSA) is 89.5 Å². The minimum absolute atomic E-state index is 0.0803. The first kappa shape index (κ1) is 71.3. The zero-order chi connectivity index (χ0) is 65.2. The second-order valence-corrected chi connectivity index (χ2v) is 33.9. The van der Waals surface area contributed by atoms with E-state index in [9.17, 15) is 9.59 Å². The summed E-state index contributed by atoms with van der Waals surface area (Å²) >= 11 is 9.74. The molecule has 0 heterocycles. The molecule has 0 unspecified atom stereocenters. The van der Waals surface area contributed by atoms with Crippen LogP contribution in [-0.4, -0.2) is 50.9 Å². The number of benzene rings is 2. The summed E-state index contributed by atoms with van der Waals surface area (Å²) in [6.07, 6.45) is 39.1. The SMILES string of the molecule is CC(C)CCC[C@@H](C)[C@H]1CC[C@H]2[C@@H]3CC=C4C[C@@H](OC(=O)OCCCCCCOc5ccc(/C(S)=C(\S)c6ccc(OCCCCCCOC(=O)O[C@H]7CC[C@@]8(C)C(=CC[C@H]9[C@@H]%10CC[C@H]([C@H](C)CCCC(C)C)[C@@]%10(C)CC[C@@H]98)C7)cc6)cc5)CC[C@]4(C)[C@H]3CC[C@]12C. The van der Waals surface area contributed by atoms with Gasteiger partial charge in [0.2, 0.25) is 0 Å². The van der Waals surface area contributed by atoms with E-state index in [0.29, 0.717) is 37.3 Å². The van der Waals surface area contributed by atoms with E-state index in [4.69, 9.17) is 53.7 Å². The summed E-state index contributed by atoms with van der Waals surface area (Å²) in [4.78, 5) is 27.3. The lowest BCUT2D eigenvalue weighted by molar-refractivity contribution is -0.0617. The van der Waals surface area contributed by atoms with Gasteiger partial charge in [0.1, 0.15) is 23.7 Å². The molecule has 10 rings (SSSR count). The molecule has 0 aromatic heterocycles. The molecule has 8 nitrogen and oxygen atoms in total. The number of carbonyl (C=O) groups excluding carboxylic acids is 2. The minimum Gasteiger partial charge on any atom is -0.494 e. The first-order chi connectivity index (χ1) is 44.2. The van der Waals surface area contributed by atoms with Gasteiger partial charge in [-0.1, -0.05) is 155 Å². The summed E-state index contributed by atoms with van der Waals surface area (Å²) in [5.74, 6) is 11.5. The summed E-state index contributed by atoms with van der Waals surface area (Å²) < 4.78 is 35.3. The molecule has 10 heteroatoms. The zero-order valence-electron chi connectivity index (χ0n) is 59.1. The third kappa shape index (κ3) is 16.7. The molecule has 6 fully saturated rings. The fourth-order valence-corrected chi connectivity index (χ4v) is 21.9. The number of ether oxygens (including phenoxy) is 6.